The van der Waals surface area contributed by atoms with Crippen molar-refractivity contribution in [2.24, 2.45) is 0 Å². The van der Waals surface area contributed by atoms with E-state index in [1.807, 2.05) is 0 Å². The third-order valence-electron chi connectivity index (χ3n) is 2.26. The molecule has 0 bridgehead atoms. The molecule has 0 saturated heterocycles. The van der Waals surface area contributed by atoms with Crippen molar-refractivity contribution in [3.05, 3.63) is 47.9 Å². The van der Waals surface area contributed by atoms with E-state index >= 15 is 0 Å². The van der Waals surface area contributed by atoms with Gasteiger partial charge in [0, 0.05) is 18.8 Å². The average Bonchev–Trinajstić information content (AvgIpc) is 2.37. The lowest BCUT2D eigenvalue weighted by Crippen LogP contribution is -2.14. The van der Waals surface area contributed by atoms with E-state index in [0.717, 1.165) is 18.2 Å². The van der Waals surface area contributed by atoms with Gasteiger partial charge in [0.05, 0.1) is 12.4 Å². The molecule has 0 radical (unpaired) electrons. The van der Waals surface area contributed by atoms with Crippen LogP contribution in [-0.4, -0.2) is 22.9 Å². The van der Waals surface area contributed by atoms with Gasteiger partial charge in [-0.2, -0.15) is 0 Å². The molecule has 1 heterocycles. The van der Waals surface area contributed by atoms with Crippen LogP contribution in [0.3, 0.4) is 0 Å². The number of nitrogens with one attached hydrogen (secondary N) is 2. The predicted molar refractivity (Wildman–Crippen MR) is 65.9 cm³/mol. The van der Waals surface area contributed by atoms with E-state index in [9.17, 15) is 13.6 Å². The fourth-order valence-corrected chi connectivity index (χ4v) is 1.40. The highest BCUT2D eigenvalue weighted by molar-refractivity contribution is 6.02. The molecule has 5 nitrogen and oxygen atoms in total. The highest BCUT2D eigenvalue weighted by atomic mass is 19.1. The van der Waals surface area contributed by atoms with E-state index in [1.54, 1.807) is 7.05 Å². The summed E-state index contributed by atoms with van der Waals surface area (Å²) in [6, 6.07) is 2.74. The van der Waals surface area contributed by atoms with Gasteiger partial charge in [0.2, 0.25) is 0 Å². The monoisotopic (exact) mass is 264 g/mol. The van der Waals surface area contributed by atoms with Crippen LogP contribution in [0, 0.1) is 11.6 Å². The molecule has 2 aromatic rings. The molecule has 2 rings (SSSR count). The fourth-order valence-electron chi connectivity index (χ4n) is 1.40. The van der Waals surface area contributed by atoms with E-state index in [4.69, 9.17) is 0 Å². The van der Waals surface area contributed by atoms with Crippen LogP contribution in [0.5, 0.6) is 0 Å². The minimum absolute atomic E-state index is 0.0157. The van der Waals surface area contributed by atoms with E-state index < -0.39 is 17.5 Å². The van der Waals surface area contributed by atoms with Crippen LogP contribution in [0.15, 0.2) is 30.6 Å². The standard InChI is InChI=1S/C12H10F2N4O/c1-15-11-6-16-10(5-17-11)12(19)18-9-3-7(13)2-8(14)4-9/h2-6H,1H3,(H,15,17)(H,18,19). The van der Waals surface area contributed by atoms with E-state index in [1.165, 1.54) is 12.4 Å². The lowest BCUT2D eigenvalue weighted by atomic mass is 10.3. The second-order valence-corrected chi connectivity index (χ2v) is 3.65. The number of benzene rings is 1. The molecule has 19 heavy (non-hydrogen) atoms. The van der Waals surface area contributed by atoms with Gasteiger partial charge in [0.15, 0.2) is 0 Å². The van der Waals surface area contributed by atoms with E-state index in [0.29, 0.717) is 5.82 Å². The number of carbonyl (C=O) groups excluding carboxylic acids is 1. The van der Waals surface area contributed by atoms with Crippen molar-refractivity contribution in [2.75, 3.05) is 17.7 Å². The van der Waals surface area contributed by atoms with E-state index in [-0.39, 0.29) is 11.4 Å². The molecule has 1 aromatic carbocycles. The normalized spacial score (nSPS) is 10.1. The molecule has 2 N–H and O–H groups in total. The number of nitrogens with zero attached hydrogens (tertiary/aromatic N) is 2. The van der Waals surface area contributed by atoms with Crippen molar-refractivity contribution >= 4 is 17.4 Å². The zero-order valence-electron chi connectivity index (χ0n) is 9.95. The van der Waals surface area contributed by atoms with Crippen LogP contribution < -0.4 is 10.6 Å². The lowest BCUT2D eigenvalue weighted by Gasteiger charge is -2.05. The highest BCUT2D eigenvalue weighted by Gasteiger charge is 2.09. The Labute approximate surface area is 107 Å². The SMILES string of the molecule is CNc1cnc(C(=O)Nc2cc(F)cc(F)c2)cn1. The largest absolute Gasteiger partial charge is 0.372 e. The molecule has 1 aromatic heterocycles. The summed E-state index contributed by atoms with van der Waals surface area (Å²) in [6.07, 6.45) is 2.64. The zero-order valence-corrected chi connectivity index (χ0v) is 9.95. The van der Waals surface area contributed by atoms with Gasteiger partial charge >= 0.3 is 0 Å². The van der Waals surface area contributed by atoms with Gasteiger partial charge in [0.1, 0.15) is 23.1 Å². The molecule has 7 heteroatoms. The molecule has 98 valence electrons. The van der Waals surface area contributed by atoms with Gasteiger partial charge in [-0.3, -0.25) is 4.79 Å². The average molecular weight is 264 g/mol. The summed E-state index contributed by atoms with van der Waals surface area (Å²) in [5.74, 6) is -1.63. The third kappa shape index (κ3) is 3.21. The highest BCUT2D eigenvalue weighted by Crippen LogP contribution is 2.13. The Morgan fingerprint density at radius 2 is 1.79 bits per heavy atom. The Kier molecular flexibility index (Phi) is 3.65. The molecule has 1 amide bonds. The van der Waals surface area contributed by atoms with Gasteiger partial charge in [-0.25, -0.2) is 18.7 Å². The van der Waals surface area contributed by atoms with Gasteiger partial charge in [0.25, 0.3) is 5.91 Å². The molecule has 0 fully saturated rings. The van der Waals surface area contributed by atoms with Crippen LogP contribution in [0.4, 0.5) is 20.3 Å². The number of hydrogen-bond acceptors (Lipinski definition) is 4. The quantitative estimate of drug-likeness (QED) is 0.890. The molecule has 0 aliphatic heterocycles. The van der Waals surface area contributed by atoms with Crippen LogP contribution in [0.2, 0.25) is 0 Å². The number of amides is 1. The maximum absolute atomic E-state index is 13.0. The number of halogens is 2. The second-order valence-electron chi connectivity index (χ2n) is 3.65. The van der Waals surface area contributed by atoms with Crippen LogP contribution >= 0.6 is 0 Å². The molecule has 0 aliphatic rings. The van der Waals surface area contributed by atoms with Crippen LogP contribution in [0.25, 0.3) is 0 Å². The Hall–Kier alpha value is -2.57. The molecule has 0 saturated carbocycles. The molecule has 0 aliphatic carbocycles. The van der Waals surface area contributed by atoms with Crippen molar-refractivity contribution < 1.29 is 13.6 Å². The maximum atomic E-state index is 13.0. The summed E-state index contributed by atoms with van der Waals surface area (Å²) in [6.45, 7) is 0. The molecule has 0 unspecified atom stereocenters. The van der Waals surface area contributed by atoms with Crippen molar-refractivity contribution in [2.45, 2.75) is 0 Å². The Morgan fingerprint density at radius 3 is 2.32 bits per heavy atom. The van der Waals surface area contributed by atoms with Crippen molar-refractivity contribution in [1.29, 1.82) is 0 Å². The zero-order chi connectivity index (χ0) is 13.8. The lowest BCUT2D eigenvalue weighted by molar-refractivity contribution is 0.102. The summed E-state index contributed by atoms with van der Waals surface area (Å²) in [4.78, 5) is 19.5. The number of aromatic nitrogens is 2. The molecular formula is C12H10F2N4O. The summed E-state index contributed by atoms with van der Waals surface area (Å²) in [7, 11) is 1.67. The topological polar surface area (TPSA) is 66.9 Å². The first-order valence-electron chi connectivity index (χ1n) is 5.36. The summed E-state index contributed by atoms with van der Waals surface area (Å²) < 4.78 is 25.9. The predicted octanol–water partition coefficient (Wildman–Crippen LogP) is 2.05. The first-order chi connectivity index (χ1) is 9.08. The Bertz CT molecular complexity index is 581. The number of anilines is 2. The minimum Gasteiger partial charge on any atom is -0.372 e. The van der Waals surface area contributed by atoms with Crippen molar-refractivity contribution in [1.82, 2.24) is 9.97 Å². The van der Waals surface area contributed by atoms with Crippen LogP contribution in [0.1, 0.15) is 10.5 Å². The Morgan fingerprint density at radius 1 is 1.11 bits per heavy atom. The number of rotatable bonds is 3. The van der Waals surface area contributed by atoms with Gasteiger partial charge < -0.3 is 10.6 Å². The van der Waals surface area contributed by atoms with Crippen molar-refractivity contribution in [3.63, 3.8) is 0 Å². The fraction of sp³-hybridized carbons (Fsp3) is 0.0833. The number of hydrogen-bond donors (Lipinski definition) is 2. The van der Waals surface area contributed by atoms with Crippen molar-refractivity contribution in [3.8, 4) is 0 Å². The molecule has 0 atom stereocenters. The van der Waals surface area contributed by atoms with Crippen LogP contribution in [-0.2, 0) is 0 Å². The Balaban J connectivity index is 2.15. The smallest absolute Gasteiger partial charge is 0.275 e. The summed E-state index contributed by atoms with van der Waals surface area (Å²) >= 11 is 0. The van der Waals surface area contributed by atoms with Gasteiger partial charge in [-0.15, -0.1) is 0 Å². The van der Waals surface area contributed by atoms with Gasteiger partial charge in [-0.05, 0) is 12.1 Å². The summed E-state index contributed by atoms with van der Waals surface area (Å²) in [5.41, 5.74) is 0.0608. The number of carbonyl (C=O) groups is 1. The first-order valence-corrected chi connectivity index (χ1v) is 5.36. The van der Waals surface area contributed by atoms with E-state index in [2.05, 4.69) is 20.6 Å². The molecular weight excluding hydrogens is 254 g/mol. The second kappa shape index (κ2) is 5.38. The summed E-state index contributed by atoms with van der Waals surface area (Å²) in [5, 5.41) is 5.09. The van der Waals surface area contributed by atoms with Gasteiger partial charge in [-0.1, -0.05) is 0 Å². The maximum Gasteiger partial charge on any atom is 0.275 e. The molecule has 0 spiro atoms. The first kappa shape index (κ1) is 12.9. The third-order valence-corrected chi connectivity index (χ3v) is 2.26. The minimum atomic E-state index is -0.771.